The molecule has 2 fully saturated rings. The van der Waals surface area contributed by atoms with E-state index < -0.39 is 0 Å². The highest BCUT2D eigenvalue weighted by atomic mass is 32.1. The third kappa shape index (κ3) is 4.64. The van der Waals surface area contributed by atoms with E-state index in [1.165, 1.54) is 9.89 Å². The van der Waals surface area contributed by atoms with Gasteiger partial charge < -0.3 is 10.1 Å². The van der Waals surface area contributed by atoms with E-state index in [-0.39, 0.29) is 35.6 Å². The molecule has 3 heterocycles. The molecule has 1 aliphatic carbocycles. The number of allylic oxidation sites excluding steroid dienone is 2. The molecule has 3 amide bonds. The van der Waals surface area contributed by atoms with E-state index in [2.05, 4.69) is 21.7 Å². The van der Waals surface area contributed by atoms with Crippen LogP contribution in [0.2, 0.25) is 0 Å². The van der Waals surface area contributed by atoms with Gasteiger partial charge in [-0.25, -0.2) is 5.01 Å². The fraction of sp³-hybridized carbons (Fsp3) is 0.400. The normalized spacial score (nSPS) is 23.8. The number of hydrogen-bond acceptors (Lipinski definition) is 6. The molecule has 8 nitrogen and oxygen atoms in total. The molecule has 3 unspecified atom stereocenters. The van der Waals surface area contributed by atoms with Crippen LogP contribution in [0.1, 0.15) is 34.1 Å². The molecule has 1 aromatic carbocycles. The molecule has 2 aliphatic heterocycles. The Balaban J connectivity index is 1.29. The molecule has 0 bridgehead atoms. The SMILES string of the molecule is O=C(NCC(c1cccs1)N1CCOCC1)c1cccc(N2NC(=O)C3CC=CCC3C2=O)c1. The maximum Gasteiger partial charge on any atom is 0.251 e. The highest BCUT2D eigenvalue weighted by molar-refractivity contribution is 7.10. The molecule has 2 aromatic rings. The minimum absolute atomic E-state index is 0.0790. The average Bonchev–Trinajstić information content (AvgIpc) is 3.42. The zero-order valence-corrected chi connectivity index (χ0v) is 19.6. The molecule has 1 aromatic heterocycles. The van der Waals surface area contributed by atoms with Crippen molar-refractivity contribution in [3.63, 3.8) is 0 Å². The van der Waals surface area contributed by atoms with Crippen molar-refractivity contribution in [1.82, 2.24) is 15.6 Å². The van der Waals surface area contributed by atoms with Crippen molar-refractivity contribution in [3.05, 3.63) is 64.4 Å². The number of morpholine rings is 1. The van der Waals surface area contributed by atoms with E-state index in [1.54, 1.807) is 35.6 Å². The zero-order chi connectivity index (χ0) is 23.5. The lowest BCUT2D eigenvalue weighted by atomic mass is 9.80. The van der Waals surface area contributed by atoms with Gasteiger partial charge in [-0.05, 0) is 42.5 Å². The third-order valence-corrected chi connectivity index (χ3v) is 7.68. The highest BCUT2D eigenvalue weighted by Gasteiger charge is 2.42. The second-order valence-electron chi connectivity index (χ2n) is 8.75. The van der Waals surface area contributed by atoms with Crippen molar-refractivity contribution in [2.75, 3.05) is 37.9 Å². The maximum absolute atomic E-state index is 13.1. The minimum Gasteiger partial charge on any atom is -0.379 e. The van der Waals surface area contributed by atoms with E-state index in [9.17, 15) is 14.4 Å². The number of amides is 3. The Morgan fingerprint density at radius 2 is 1.91 bits per heavy atom. The van der Waals surface area contributed by atoms with Gasteiger partial charge in [-0.2, -0.15) is 0 Å². The van der Waals surface area contributed by atoms with Crippen molar-refractivity contribution >= 4 is 34.7 Å². The van der Waals surface area contributed by atoms with Gasteiger partial charge in [-0.15, -0.1) is 11.3 Å². The second-order valence-corrected chi connectivity index (χ2v) is 9.72. The van der Waals surface area contributed by atoms with Crippen LogP contribution in [0.4, 0.5) is 5.69 Å². The molecule has 0 spiro atoms. The van der Waals surface area contributed by atoms with Gasteiger partial charge in [0.05, 0.1) is 36.8 Å². The van der Waals surface area contributed by atoms with Gasteiger partial charge in [0.25, 0.3) is 5.91 Å². The van der Waals surface area contributed by atoms with Gasteiger partial charge in [0, 0.05) is 30.1 Å². The van der Waals surface area contributed by atoms with Crippen LogP contribution in [0, 0.1) is 11.8 Å². The summed E-state index contributed by atoms with van der Waals surface area (Å²) in [4.78, 5) is 42.3. The van der Waals surface area contributed by atoms with Crippen LogP contribution in [0.3, 0.4) is 0 Å². The smallest absolute Gasteiger partial charge is 0.251 e. The number of nitrogens with zero attached hydrogens (tertiary/aromatic N) is 2. The Bertz CT molecular complexity index is 1080. The zero-order valence-electron chi connectivity index (χ0n) is 18.8. The van der Waals surface area contributed by atoms with E-state index in [4.69, 9.17) is 4.74 Å². The molecule has 5 rings (SSSR count). The van der Waals surface area contributed by atoms with Crippen LogP contribution in [-0.2, 0) is 14.3 Å². The molecular weight excluding hydrogens is 452 g/mol. The summed E-state index contributed by atoms with van der Waals surface area (Å²) in [6.45, 7) is 3.49. The number of anilines is 1. The number of rotatable bonds is 6. The second kappa shape index (κ2) is 10.1. The van der Waals surface area contributed by atoms with Crippen LogP contribution in [0.25, 0.3) is 0 Å². The first-order chi connectivity index (χ1) is 16.6. The minimum atomic E-state index is -0.365. The Kier molecular flexibility index (Phi) is 6.75. The summed E-state index contributed by atoms with van der Waals surface area (Å²) in [6.07, 6.45) is 5.04. The number of thiophene rings is 1. The lowest BCUT2D eigenvalue weighted by molar-refractivity contribution is -0.139. The summed E-state index contributed by atoms with van der Waals surface area (Å²) in [7, 11) is 0. The van der Waals surface area contributed by atoms with Crippen LogP contribution in [0.15, 0.2) is 53.9 Å². The molecule has 9 heteroatoms. The Labute approximate surface area is 202 Å². The van der Waals surface area contributed by atoms with Gasteiger partial charge in [0.15, 0.2) is 0 Å². The van der Waals surface area contributed by atoms with Crippen molar-refractivity contribution < 1.29 is 19.1 Å². The molecule has 2 saturated heterocycles. The standard InChI is InChI=1S/C25H28N4O4S/c30-23(26-16-21(22-9-4-14-34-22)28-10-12-33-13-11-28)17-5-3-6-18(15-17)29-25(32)20-8-2-1-7-19(20)24(31)27-29/h1-6,9,14-15,19-21H,7-8,10-13,16H2,(H,26,30)(H,27,31). The summed E-state index contributed by atoms with van der Waals surface area (Å²) >= 11 is 1.68. The number of hydrogen-bond donors (Lipinski definition) is 2. The number of hydrazine groups is 1. The Morgan fingerprint density at radius 1 is 1.12 bits per heavy atom. The fourth-order valence-electron chi connectivity index (χ4n) is 4.84. The monoisotopic (exact) mass is 480 g/mol. The van der Waals surface area contributed by atoms with Gasteiger partial charge in [0.1, 0.15) is 0 Å². The number of carbonyl (C=O) groups excluding carboxylic acids is 3. The molecule has 3 atom stereocenters. The predicted molar refractivity (Wildman–Crippen MR) is 129 cm³/mol. The first-order valence-electron chi connectivity index (χ1n) is 11.6. The lowest BCUT2D eigenvalue weighted by Gasteiger charge is -2.38. The maximum atomic E-state index is 13.1. The molecule has 178 valence electrons. The number of ether oxygens (including phenoxy) is 1. The van der Waals surface area contributed by atoms with Crippen LogP contribution in [0.5, 0.6) is 0 Å². The summed E-state index contributed by atoms with van der Waals surface area (Å²) in [5.74, 6) is -1.21. The van der Waals surface area contributed by atoms with Crippen LogP contribution >= 0.6 is 11.3 Å². The summed E-state index contributed by atoms with van der Waals surface area (Å²) in [5.41, 5.74) is 3.65. The molecule has 34 heavy (non-hydrogen) atoms. The van der Waals surface area contributed by atoms with Crippen LogP contribution < -0.4 is 15.8 Å². The van der Waals surface area contributed by atoms with Gasteiger partial charge >= 0.3 is 0 Å². The molecule has 3 aliphatic rings. The third-order valence-electron chi connectivity index (χ3n) is 6.71. The van der Waals surface area contributed by atoms with Crippen molar-refractivity contribution in [2.24, 2.45) is 11.8 Å². The Morgan fingerprint density at radius 3 is 2.68 bits per heavy atom. The number of benzene rings is 1. The van der Waals surface area contributed by atoms with Gasteiger partial charge in [-0.1, -0.05) is 24.3 Å². The Hall–Kier alpha value is -3.01. The summed E-state index contributed by atoms with van der Waals surface area (Å²) in [5, 5.41) is 6.40. The van der Waals surface area contributed by atoms with E-state index in [0.717, 1.165) is 13.1 Å². The molecule has 0 radical (unpaired) electrons. The van der Waals surface area contributed by atoms with Crippen LogP contribution in [-0.4, -0.2) is 55.5 Å². The van der Waals surface area contributed by atoms with Gasteiger partial charge in [-0.3, -0.25) is 24.7 Å². The lowest BCUT2D eigenvalue weighted by Crippen LogP contribution is -2.59. The largest absolute Gasteiger partial charge is 0.379 e. The van der Waals surface area contributed by atoms with Crippen molar-refractivity contribution in [3.8, 4) is 0 Å². The molecular formula is C25H28N4O4S. The quantitative estimate of drug-likeness (QED) is 0.620. The number of nitrogens with one attached hydrogen (secondary N) is 2. The van der Waals surface area contributed by atoms with Crippen molar-refractivity contribution in [1.29, 1.82) is 0 Å². The number of fused-ring (bicyclic) bond motifs is 1. The van der Waals surface area contributed by atoms with E-state index >= 15 is 0 Å². The predicted octanol–water partition coefficient (Wildman–Crippen LogP) is 2.51. The summed E-state index contributed by atoms with van der Waals surface area (Å²) < 4.78 is 5.49. The van der Waals surface area contributed by atoms with E-state index in [1.807, 2.05) is 23.6 Å². The molecule has 2 N–H and O–H groups in total. The highest BCUT2D eigenvalue weighted by Crippen LogP contribution is 2.32. The summed E-state index contributed by atoms with van der Waals surface area (Å²) in [6, 6.07) is 11.0. The number of carbonyl (C=O) groups is 3. The van der Waals surface area contributed by atoms with Gasteiger partial charge in [0.2, 0.25) is 11.8 Å². The van der Waals surface area contributed by atoms with Crippen molar-refractivity contribution in [2.45, 2.75) is 18.9 Å². The fourth-order valence-corrected chi connectivity index (χ4v) is 5.70. The first-order valence-corrected chi connectivity index (χ1v) is 12.5. The van der Waals surface area contributed by atoms with E-state index in [0.29, 0.717) is 43.9 Å². The topological polar surface area (TPSA) is 91.0 Å². The average molecular weight is 481 g/mol. The molecule has 0 saturated carbocycles. The first kappa shape index (κ1) is 22.8.